The van der Waals surface area contributed by atoms with E-state index in [2.05, 4.69) is 21.9 Å². The van der Waals surface area contributed by atoms with Crippen molar-refractivity contribution in [3.63, 3.8) is 0 Å². The minimum absolute atomic E-state index is 0.00946. The number of piperidine rings is 1. The summed E-state index contributed by atoms with van der Waals surface area (Å²) in [4.78, 5) is 7.04. The number of aliphatic imine (C=N–C) groups is 1. The first-order valence-electron chi connectivity index (χ1n) is 9.61. The molecule has 1 heterocycles. The van der Waals surface area contributed by atoms with Crippen molar-refractivity contribution in [2.24, 2.45) is 4.99 Å². The largest absolute Gasteiger partial charge is 0.378 e. The van der Waals surface area contributed by atoms with Crippen LogP contribution in [0.3, 0.4) is 0 Å². The van der Waals surface area contributed by atoms with Crippen LogP contribution >= 0.6 is 0 Å². The molecule has 1 aromatic rings. The van der Waals surface area contributed by atoms with Crippen molar-refractivity contribution < 1.29 is 13.2 Å². The Kier molecular flexibility index (Phi) is 8.53. The van der Waals surface area contributed by atoms with Gasteiger partial charge in [-0.25, -0.2) is 18.1 Å². The van der Waals surface area contributed by atoms with Crippen molar-refractivity contribution in [2.75, 3.05) is 33.3 Å². The number of sulfonamides is 1. The number of hydrogen-bond donors (Lipinski definition) is 2. The van der Waals surface area contributed by atoms with Gasteiger partial charge in [-0.3, -0.25) is 0 Å². The highest BCUT2D eigenvalue weighted by Crippen LogP contribution is 2.14. The van der Waals surface area contributed by atoms with Crippen LogP contribution < -0.4 is 10.0 Å². The van der Waals surface area contributed by atoms with E-state index >= 15 is 0 Å². The molecule has 1 saturated heterocycles. The van der Waals surface area contributed by atoms with Crippen molar-refractivity contribution in [1.29, 1.82) is 0 Å². The molecule has 0 spiro atoms. The van der Waals surface area contributed by atoms with Crippen LogP contribution in [0, 0.1) is 0 Å². The predicted molar refractivity (Wildman–Crippen MR) is 109 cm³/mol. The molecule has 0 atom stereocenters. The third kappa shape index (κ3) is 7.12. The number of hydrogen-bond acceptors (Lipinski definition) is 4. The monoisotopic (exact) mass is 396 g/mol. The van der Waals surface area contributed by atoms with Gasteiger partial charge in [-0.05, 0) is 44.9 Å². The van der Waals surface area contributed by atoms with E-state index in [-0.39, 0.29) is 5.75 Å². The molecule has 1 fully saturated rings. The summed E-state index contributed by atoms with van der Waals surface area (Å²) in [7, 11) is -1.82. The Labute approximate surface area is 163 Å². The van der Waals surface area contributed by atoms with Gasteiger partial charge in [-0.1, -0.05) is 24.3 Å². The van der Waals surface area contributed by atoms with Crippen LogP contribution in [0.4, 0.5) is 0 Å². The Morgan fingerprint density at radius 1 is 1.19 bits per heavy atom. The van der Waals surface area contributed by atoms with Gasteiger partial charge >= 0.3 is 0 Å². The van der Waals surface area contributed by atoms with Gasteiger partial charge in [0.05, 0.1) is 18.4 Å². The number of benzene rings is 1. The molecule has 7 nitrogen and oxygen atoms in total. The second-order valence-corrected chi connectivity index (χ2v) is 8.52. The average molecular weight is 397 g/mol. The molecule has 27 heavy (non-hydrogen) atoms. The van der Waals surface area contributed by atoms with Crippen molar-refractivity contribution in [1.82, 2.24) is 14.9 Å². The SMILES string of the molecule is CCNC(=NCc1ccc(CS(=O)(=O)NC)cc1)N1CCC(OCC)CC1. The molecular formula is C19H32N4O3S. The number of rotatable bonds is 8. The first-order valence-corrected chi connectivity index (χ1v) is 11.3. The molecule has 0 amide bonds. The molecule has 0 bridgehead atoms. The minimum Gasteiger partial charge on any atom is -0.378 e. The number of nitrogens with zero attached hydrogens (tertiary/aromatic N) is 2. The maximum Gasteiger partial charge on any atom is 0.215 e. The molecule has 0 aliphatic carbocycles. The molecule has 1 aliphatic heterocycles. The molecule has 0 radical (unpaired) electrons. The third-order valence-corrected chi connectivity index (χ3v) is 5.92. The van der Waals surface area contributed by atoms with Gasteiger partial charge in [0, 0.05) is 26.2 Å². The van der Waals surface area contributed by atoms with Gasteiger partial charge in [-0.2, -0.15) is 0 Å². The maximum atomic E-state index is 11.6. The summed E-state index contributed by atoms with van der Waals surface area (Å²) in [6, 6.07) is 7.57. The van der Waals surface area contributed by atoms with Crippen molar-refractivity contribution in [2.45, 2.75) is 45.1 Å². The fourth-order valence-electron chi connectivity index (χ4n) is 3.09. The Morgan fingerprint density at radius 2 is 1.81 bits per heavy atom. The lowest BCUT2D eigenvalue weighted by Gasteiger charge is -2.34. The lowest BCUT2D eigenvalue weighted by Crippen LogP contribution is -2.47. The average Bonchev–Trinajstić information content (AvgIpc) is 2.67. The van der Waals surface area contributed by atoms with Gasteiger partial charge in [0.25, 0.3) is 0 Å². The summed E-state index contributed by atoms with van der Waals surface area (Å²) in [5.74, 6) is 0.916. The standard InChI is InChI=1S/C19H32N4O3S/c1-4-21-19(23-12-10-18(11-13-23)26-5-2)22-14-16-6-8-17(9-7-16)15-27(24,25)20-3/h6-9,18,20H,4-5,10-15H2,1-3H3,(H,21,22). The zero-order chi connectivity index (χ0) is 19.7. The minimum atomic E-state index is -3.25. The molecule has 8 heteroatoms. The van der Waals surface area contributed by atoms with E-state index in [1.807, 2.05) is 31.2 Å². The van der Waals surface area contributed by atoms with Crippen LogP contribution in [0.25, 0.3) is 0 Å². The first-order chi connectivity index (χ1) is 13.0. The van der Waals surface area contributed by atoms with E-state index in [1.54, 1.807) is 0 Å². The Morgan fingerprint density at radius 3 is 2.37 bits per heavy atom. The molecule has 0 aromatic heterocycles. The van der Waals surface area contributed by atoms with Crippen molar-refractivity contribution >= 4 is 16.0 Å². The molecule has 1 aliphatic rings. The molecule has 2 rings (SSSR count). The smallest absolute Gasteiger partial charge is 0.215 e. The van der Waals surface area contributed by atoms with Gasteiger partial charge in [0.1, 0.15) is 0 Å². The first kappa shape index (κ1) is 21.7. The summed E-state index contributed by atoms with van der Waals surface area (Å²) in [5.41, 5.74) is 1.82. The Balaban J connectivity index is 1.96. The van der Waals surface area contributed by atoms with Crippen LogP contribution in [-0.4, -0.2) is 58.7 Å². The van der Waals surface area contributed by atoms with E-state index < -0.39 is 10.0 Å². The summed E-state index contributed by atoms with van der Waals surface area (Å²) in [6.07, 6.45) is 2.40. The molecule has 2 N–H and O–H groups in total. The number of ether oxygens (including phenoxy) is 1. The summed E-state index contributed by atoms with van der Waals surface area (Å²) in [5, 5.41) is 3.37. The van der Waals surface area contributed by atoms with Gasteiger partial charge < -0.3 is 15.0 Å². The summed E-state index contributed by atoms with van der Waals surface area (Å²) < 4.78 is 31.3. The second kappa shape index (κ2) is 10.6. The highest BCUT2D eigenvalue weighted by atomic mass is 32.2. The predicted octanol–water partition coefficient (Wildman–Crippen LogP) is 1.70. The third-order valence-electron chi connectivity index (χ3n) is 4.58. The topological polar surface area (TPSA) is 83.0 Å². The number of guanidine groups is 1. The summed E-state index contributed by atoms with van der Waals surface area (Å²) >= 11 is 0. The van der Waals surface area contributed by atoms with Crippen LogP contribution in [0.15, 0.2) is 29.3 Å². The molecule has 0 unspecified atom stereocenters. The van der Waals surface area contributed by atoms with Gasteiger partial charge in [0.15, 0.2) is 5.96 Å². The van der Waals surface area contributed by atoms with Crippen LogP contribution in [0.1, 0.15) is 37.8 Å². The number of likely N-dealkylation sites (tertiary alicyclic amines) is 1. The number of nitrogens with one attached hydrogen (secondary N) is 2. The van der Waals surface area contributed by atoms with Gasteiger partial charge in [0.2, 0.25) is 10.0 Å². The summed E-state index contributed by atoms with van der Waals surface area (Å²) in [6.45, 7) is 8.15. The van der Waals surface area contributed by atoms with E-state index in [4.69, 9.17) is 9.73 Å². The van der Waals surface area contributed by atoms with Gasteiger partial charge in [-0.15, -0.1) is 0 Å². The zero-order valence-electron chi connectivity index (χ0n) is 16.6. The van der Waals surface area contributed by atoms with E-state index in [9.17, 15) is 8.42 Å². The Hall–Kier alpha value is -1.64. The second-order valence-electron chi connectivity index (χ2n) is 6.59. The maximum absolute atomic E-state index is 11.6. The fraction of sp³-hybridized carbons (Fsp3) is 0.632. The fourth-order valence-corrected chi connectivity index (χ4v) is 3.87. The van der Waals surface area contributed by atoms with E-state index in [1.165, 1.54) is 7.05 Å². The van der Waals surface area contributed by atoms with Crippen molar-refractivity contribution in [3.8, 4) is 0 Å². The molecular weight excluding hydrogens is 364 g/mol. The molecule has 1 aromatic carbocycles. The quantitative estimate of drug-likeness (QED) is 0.516. The van der Waals surface area contributed by atoms with E-state index in [0.29, 0.717) is 12.6 Å². The van der Waals surface area contributed by atoms with E-state index in [0.717, 1.165) is 56.2 Å². The van der Waals surface area contributed by atoms with Crippen LogP contribution in [-0.2, 0) is 27.1 Å². The highest BCUT2D eigenvalue weighted by Gasteiger charge is 2.21. The van der Waals surface area contributed by atoms with Crippen molar-refractivity contribution in [3.05, 3.63) is 35.4 Å². The van der Waals surface area contributed by atoms with Crippen LogP contribution in [0.2, 0.25) is 0 Å². The lowest BCUT2D eigenvalue weighted by molar-refractivity contribution is 0.0263. The Bertz CT molecular complexity index is 696. The molecule has 0 saturated carbocycles. The van der Waals surface area contributed by atoms with Crippen LogP contribution in [0.5, 0.6) is 0 Å². The molecule has 152 valence electrons. The lowest BCUT2D eigenvalue weighted by atomic mass is 10.1. The zero-order valence-corrected chi connectivity index (χ0v) is 17.4. The highest BCUT2D eigenvalue weighted by molar-refractivity contribution is 7.88. The normalized spacial score (nSPS) is 16.6.